The van der Waals surface area contributed by atoms with Gasteiger partial charge in [-0.25, -0.2) is 0 Å². The third-order valence-corrected chi connectivity index (χ3v) is 4.47. The summed E-state index contributed by atoms with van der Waals surface area (Å²) in [5, 5.41) is 5.06. The molecule has 0 N–H and O–H groups in total. The van der Waals surface area contributed by atoms with E-state index in [1.54, 1.807) is 0 Å². The minimum absolute atomic E-state index is 0.140. The Hall–Kier alpha value is -0.870. The molecule has 21 heavy (non-hydrogen) atoms. The van der Waals surface area contributed by atoms with E-state index in [0.29, 0.717) is 16.8 Å². The van der Waals surface area contributed by atoms with Crippen LogP contribution in [0.25, 0.3) is 0 Å². The molecule has 1 aromatic heterocycles. The maximum atomic E-state index is 12.2. The summed E-state index contributed by atoms with van der Waals surface area (Å²) in [4.78, 5) is 14.6. The largest absolute Gasteiger partial charge is 0.295 e. The van der Waals surface area contributed by atoms with Crippen molar-refractivity contribution in [1.82, 2.24) is 14.7 Å². The predicted molar refractivity (Wildman–Crippen MR) is 85.8 cm³/mol. The molecule has 2 aliphatic rings. The van der Waals surface area contributed by atoms with Gasteiger partial charge in [-0.1, -0.05) is 25.4 Å². The molecule has 0 unspecified atom stereocenters. The van der Waals surface area contributed by atoms with E-state index in [4.69, 9.17) is 11.6 Å². The van der Waals surface area contributed by atoms with E-state index >= 15 is 0 Å². The molecule has 4 nitrogen and oxygen atoms in total. The lowest BCUT2D eigenvalue weighted by atomic mass is 10.2. The van der Waals surface area contributed by atoms with Crippen LogP contribution in [0.4, 0.5) is 0 Å². The molecule has 2 heterocycles. The van der Waals surface area contributed by atoms with E-state index in [0.717, 1.165) is 44.6 Å². The maximum Gasteiger partial charge on any atom is 0.187 e. The second-order valence-corrected chi connectivity index (χ2v) is 6.27. The van der Waals surface area contributed by atoms with Gasteiger partial charge in [0.15, 0.2) is 5.78 Å². The fraction of sp³-hybridized carbons (Fsp3) is 0.750. The summed E-state index contributed by atoms with van der Waals surface area (Å²) in [5.74, 6) is 0.319. The molecule has 0 radical (unpaired) electrons. The standard InChI is InChI=1S/C14H20ClN3O.C2H6/c1-9(2)17-6-3-7-18-11(8-17)12(15)13(16-18)14(19)10-4-5-10;1-2/h9-10H,3-8H2,1-2H3;1-2H3. The van der Waals surface area contributed by atoms with Crippen LogP contribution in [0.1, 0.15) is 63.1 Å². The number of hydrogen-bond acceptors (Lipinski definition) is 3. The summed E-state index contributed by atoms with van der Waals surface area (Å²) in [7, 11) is 0. The molecule has 5 heteroatoms. The number of aromatic nitrogens is 2. The molecule has 0 amide bonds. The summed E-state index contributed by atoms with van der Waals surface area (Å²) in [6.07, 6.45) is 3.05. The third kappa shape index (κ3) is 3.49. The number of halogens is 1. The Balaban J connectivity index is 0.000000774. The van der Waals surface area contributed by atoms with Gasteiger partial charge in [-0.2, -0.15) is 5.10 Å². The SMILES string of the molecule is CC.CC(C)N1CCCn2nc(C(=O)C3CC3)c(Cl)c2C1. The number of ketones is 1. The highest BCUT2D eigenvalue weighted by atomic mass is 35.5. The second-order valence-electron chi connectivity index (χ2n) is 5.89. The van der Waals surface area contributed by atoms with Gasteiger partial charge in [-0.15, -0.1) is 0 Å². The topological polar surface area (TPSA) is 38.1 Å². The number of aryl methyl sites for hydroxylation is 1. The first-order valence-corrected chi connectivity index (χ1v) is 8.49. The number of hydrogen-bond donors (Lipinski definition) is 0. The Morgan fingerprint density at radius 1 is 1.29 bits per heavy atom. The van der Waals surface area contributed by atoms with Gasteiger partial charge in [-0.05, 0) is 33.1 Å². The van der Waals surface area contributed by atoms with Gasteiger partial charge >= 0.3 is 0 Å². The van der Waals surface area contributed by atoms with Gasteiger partial charge in [0.05, 0.1) is 10.7 Å². The van der Waals surface area contributed by atoms with Gasteiger partial charge < -0.3 is 0 Å². The van der Waals surface area contributed by atoms with Crippen LogP contribution in [0.2, 0.25) is 5.02 Å². The van der Waals surface area contributed by atoms with E-state index < -0.39 is 0 Å². The molecule has 0 saturated heterocycles. The van der Waals surface area contributed by atoms with Gasteiger partial charge in [0.2, 0.25) is 0 Å². The van der Waals surface area contributed by atoms with Crippen molar-refractivity contribution in [1.29, 1.82) is 0 Å². The molecular weight excluding hydrogens is 286 g/mol. The summed E-state index contributed by atoms with van der Waals surface area (Å²) < 4.78 is 1.94. The average Bonchev–Trinajstić information content (AvgIpc) is 3.29. The third-order valence-electron chi connectivity index (χ3n) is 4.07. The summed E-state index contributed by atoms with van der Waals surface area (Å²) in [6.45, 7) is 11.1. The van der Waals surface area contributed by atoms with Crippen molar-refractivity contribution in [2.75, 3.05) is 6.54 Å². The number of carbonyl (C=O) groups is 1. The number of carbonyl (C=O) groups excluding carboxylic acids is 1. The molecule has 0 spiro atoms. The van der Waals surface area contributed by atoms with Crippen LogP contribution in [0.5, 0.6) is 0 Å². The van der Waals surface area contributed by atoms with Crippen LogP contribution < -0.4 is 0 Å². The number of fused-ring (bicyclic) bond motifs is 1. The Kier molecular flexibility index (Phi) is 5.44. The number of rotatable bonds is 3. The molecule has 1 aliphatic heterocycles. The highest BCUT2D eigenvalue weighted by Gasteiger charge is 2.35. The fourth-order valence-corrected chi connectivity index (χ4v) is 2.93. The quantitative estimate of drug-likeness (QED) is 0.798. The summed E-state index contributed by atoms with van der Waals surface area (Å²) in [5.41, 5.74) is 1.52. The lowest BCUT2D eigenvalue weighted by Gasteiger charge is -2.23. The smallest absolute Gasteiger partial charge is 0.187 e. The van der Waals surface area contributed by atoms with Crippen LogP contribution in [-0.2, 0) is 13.1 Å². The first kappa shape index (κ1) is 16.5. The average molecular weight is 312 g/mol. The molecule has 0 atom stereocenters. The number of Topliss-reactive ketones (excluding diaryl/α,β-unsaturated/α-hetero) is 1. The zero-order chi connectivity index (χ0) is 15.6. The van der Waals surface area contributed by atoms with E-state index in [-0.39, 0.29) is 11.7 Å². The molecule has 1 aromatic rings. The van der Waals surface area contributed by atoms with Gasteiger partial charge in [0, 0.05) is 31.6 Å². The van der Waals surface area contributed by atoms with Crippen LogP contribution >= 0.6 is 11.6 Å². The normalized spacial score (nSPS) is 18.8. The van der Waals surface area contributed by atoms with Crippen LogP contribution in [0, 0.1) is 5.92 Å². The van der Waals surface area contributed by atoms with Gasteiger partial charge in [0.25, 0.3) is 0 Å². The molecule has 1 saturated carbocycles. The van der Waals surface area contributed by atoms with Crippen molar-refractivity contribution < 1.29 is 4.79 Å². The first-order chi connectivity index (χ1) is 10.1. The first-order valence-electron chi connectivity index (χ1n) is 8.11. The zero-order valence-corrected chi connectivity index (χ0v) is 14.3. The van der Waals surface area contributed by atoms with Crippen LogP contribution in [0.3, 0.4) is 0 Å². The minimum Gasteiger partial charge on any atom is -0.295 e. The second kappa shape index (κ2) is 6.93. The van der Waals surface area contributed by atoms with Crippen LogP contribution in [0.15, 0.2) is 0 Å². The predicted octanol–water partition coefficient (Wildman–Crippen LogP) is 3.77. The number of nitrogens with zero attached hydrogens (tertiary/aromatic N) is 3. The molecule has 118 valence electrons. The fourth-order valence-electron chi connectivity index (χ4n) is 2.64. The maximum absolute atomic E-state index is 12.2. The van der Waals surface area contributed by atoms with E-state index in [2.05, 4.69) is 23.8 Å². The van der Waals surface area contributed by atoms with E-state index in [1.807, 2.05) is 18.5 Å². The Morgan fingerprint density at radius 2 is 1.95 bits per heavy atom. The molecule has 0 aromatic carbocycles. The molecule has 3 rings (SSSR count). The summed E-state index contributed by atoms with van der Waals surface area (Å²) >= 11 is 6.42. The van der Waals surface area contributed by atoms with Gasteiger partial charge in [0.1, 0.15) is 5.69 Å². The lowest BCUT2D eigenvalue weighted by molar-refractivity contribution is 0.0962. The Labute approximate surface area is 132 Å². The van der Waals surface area contributed by atoms with E-state index in [1.165, 1.54) is 0 Å². The van der Waals surface area contributed by atoms with E-state index in [9.17, 15) is 4.79 Å². The molecule has 1 aliphatic carbocycles. The lowest BCUT2D eigenvalue weighted by Crippen LogP contribution is -2.30. The highest BCUT2D eigenvalue weighted by molar-refractivity contribution is 6.34. The van der Waals surface area contributed by atoms with Gasteiger partial charge in [-0.3, -0.25) is 14.4 Å². The van der Waals surface area contributed by atoms with Crippen molar-refractivity contribution in [3.63, 3.8) is 0 Å². The summed E-state index contributed by atoms with van der Waals surface area (Å²) in [6, 6.07) is 0.486. The van der Waals surface area contributed by atoms with Crippen molar-refractivity contribution in [3.8, 4) is 0 Å². The van der Waals surface area contributed by atoms with Crippen molar-refractivity contribution in [2.45, 2.75) is 66.1 Å². The highest BCUT2D eigenvalue weighted by Crippen LogP contribution is 2.35. The van der Waals surface area contributed by atoms with Crippen molar-refractivity contribution in [3.05, 3.63) is 16.4 Å². The van der Waals surface area contributed by atoms with Crippen molar-refractivity contribution in [2.24, 2.45) is 5.92 Å². The minimum atomic E-state index is 0.140. The molecule has 1 fully saturated rings. The van der Waals surface area contributed by atoms with Crippen LogP contribution in [-0.4, -0.2) is 33.1 Å². The van der Waals surface area contributed by atoms with Crippen molar-refractivity contribution >= 4 is 17.4 Å². The molecular formula is C16H26ClN3O. The Bertz CT molecular complexity index is 506. The molecule has 0 bridgehead atoms. The monoisotopic (exact) mass is 311 g/mol. The zero-order valence-electron chi connectivity index (χ0n) is 13.5. The Morgan fingerprint density at radius 3 is 2.52 bits per heavy atom.